The second kappa shape index (κ2) is 7.58. The minimum Gasteiger partial charge on any atom is -0.466 e. The Morgan fingerprint density at radius 1 is 1.31 bits per heavy atom. The van der Waals surface area contributed by atoms with Gasteiger partial charge in [-0.1, -0.05) is 0 Å². The Morgan fingerprint density at radius 2 is 2.12 bits per heavy atom. The highest BCUT2D eigenvalue weighted by Crippen LogP contribution is 2.38. The van der Waals surface area contributed by atoms with E-state index in [1.807, 2.05) is 12.1 Å². The average Bonchev–Trinajstić information content (AvgIpc) is 3.09. The number of likely N-dealkylation sites (tertiary alicyclic amines) is 1. The van der Waals surface area contributed by atoms with Crippen LogP contribution in [0.1, 0.15) is 52.3 Å². The monoisotopic (exact) mass is 357 g/mol. The highest BCUT2D eigenvalue weighted by atomic mass is 16.6. The number of aromatic nitrogens is 2. The van der Waals surface area contributed by atoms with Crippen molar-refractivity contribution in [2.24, 2.45) is 0 Å². The second-order valence-corrected chi connectivity index (χ2v) is 7.53. The number of rotatable bonds is 5. The van der Waals surface area contributed by atoms with E-state index in [0.717, 1.165) is 29.6 Å². The van der Waals surface area contributed by atoms with Gasteiger partial charge < -0.3 is 9.47 Å². The third-order valence-electron chi connectivity index (χ3n) is 4.69. The molecule has 3 heterocycles. The normalized spacial score (nSPS) is 18.2. The third-order valence-corrected chi connectivity index (χ3v) is 4.69. The Labute approximate surface area is 154 Å². The first kappa shape index (κ1) is 18.6. The molecule has 0 radical (unpaired) electrons. The Morgan fingerprint density at radius 3 is 2.85 bits per heavy atom. The summed E-state index contributed by atoms with van der Waals surface area (Å²) in [4.78, 5) is 23.2. The number of carbonyl (C=O) groups is 1. The van der Waals surface area contributed by atoms with E-state index >= 15 is 0 Å². The van der Waals surface area contributed by atoms with Gasteiger partial charge in [-0.25, -0.2) is 9.78 Å². The average molecular weight is 357 g/mol. The zero-order valence-corrected chi connectivity index (χ0v) is 16.0. The van der Waals surface area contributed by atoms with Crippen molar-refractivity contribution in [1.82, 2.24) is 14.9 Å². The standard InChI is InChI=1S/C20H27N3O3/c1-5-25-18(24)13-26-17-9-8-14-15(22-17)10-11-21-19(14)16-7-6-12-23(16)20(2,3)4/h8-11,16H,5-7,12-13H2,1-4H3. The Hall–Kier alpha value is -2.21. The van der Waals surface area contributed by atoms with E-state index < -0.39 is 5.97 Å². The molecule has 0 N–H and O–H groups in total. The molecule has 0 saturated carbocycles. The van der Waals surface area contributed by atoms with Crippen molar-refractivity contribution < 1.29 is 14.3 Å². The highest BCUT2D eigenvalue weighted by molar-refractivity contribution is 5.81. The molecule has 1 aliphatic heterocycles. The maximum absolute atomic E-state index is 11.4. The first-order valence-electron chi connectivity index (χ1n) is 9.21. The molecule has 6 nitrogen and oxygen atoms in total. The van der Waals surface area contributed by atoms with Crippen LogP contribution in [-0.2, 0) is 9.53 Å². The van der Waals surface area contributed by atoms with Gasteiger partial charge in [0, 0.05) is 23.2 Å². The zero-order chi connectivity index (χ0) is 18.7. The van der Waals surface area contributed by atoms with Crippen molar-refractivity contribution in [2.45, 2.75) is 52.1 Å². The van der Waals surface area contributed by atoms with E-state index in [2.05, 4.69) is 35.6 Å². The van der Waals surface area contributed by atoms with Crippen LogP contribution in [0.2, 0.25) is 0 Å². The molecule has 1 saturated heterocycles. The molecule has 1 fully saturated rings. The molecule has 1 atom stereocenters. The minimum absolute atomic E-state index is 0.0983. The summed E-state index contributed by atoms with van der Waals surface area (Å²) in [6, 6.07) is 5.96. The van der Waals surface area contributed by atoms with Crippen molar-refractivity contribution in [3.8, 4) is 5.88 Å². The largest absolute Gasteiger partial charge is 0.466 e. The second-order valence-electron chi connectivity index (χ2n) is 7.53. The summed E-state index contributed by atoms with van der Waals surface area (Å²) in [7, 11) is 0. The molecule has 6 heteroatoms. The van der Waals surface area contributed by atoms with Crippen LogP contribution in [0.3, 0.4) is 0 Å². The van der Waals surface area contributed by atoms with Crippen LogP contribution in [0.4, 0.5) is 0 Å². The van der Waals surface area contributed by atoms with Crippen LogP contribution >= 0.6 is 0 Å². The van der Waals surface area contributed by atoms with Gasteiger partial charge in [-0.3, -0.25) is 9.88 Å². The van der Waals surface area contributed by atoms with Crippen LogP contribution < -0.4 is 4.74 Å². The Kier molecular flexibility index (Phi) is 5.41. The topological polar surface area (TPSA) is 64.6 Å². The predicted molar refractivity (Wildman–Crippen MR) is 100 cm³/mol. The zero-order valence-electron chi connectivity index (χ0n) is 16.0. The number of ether oxygens (including phenoxy) is 2. The van der Waals surface area contributed by atoms with Gasteiger partial charge in [-0.05, 0) is 59.2 Å². The summed E-state index contributed by atoms with van der Waals surface area (Å²) >= 11 is 0. The van der Waals surface area contributed by atoms with Gasteiger partial charge in [-0.15, -0.1) is 0 Å². The quantitative estimate of drug-likeness (QED) is 0.763. The SMILES string of the molecule is CCOC(=O)COc1ccc2c(C3CCCN3C(C)(C)C)nccc2n1. The van der Waals surface area contributed by atoms with Crippen molar-refractivity contribution in [2.75, 3.05) is 19.8 Å². The molecule has 2 aromatic heterocycles. The first-order chi connectivity index (χ1) is 12.4. The molecule has 0 aliphatic carbocycles. The Bertz CT molecular complexity index is 785. The van der Waals surface area contributed by atoms with Crippen LogP contribution in [0.25, 0.3) is 10.9 Å². The van der Waals surface area contributed by atoms with Gasteiger partial charge in [0.25, 0.3) is 0 Å². The van der Waals surface area contributed by atoms with E-state index in [0.29, 0.717) is 18.5 Å². The summed E-state index contributed by atoms with van der Waals surface area (Å²) in [5.74, 6) is 0.0263. The van der Waals surface area contributed by atoms with E-state index in [1.165, 1.54) is 6.42 Å². The fourth-order valence-corrected chi connectivity index (χ4v) is 3.59. The van der Waals surface area contributed by atoms with Gasteiger partial charge >= 0.3 is 5.97 Å². The number of nitrogens with zero attached hydrogens (tertiary/aromatic N) is 3. The lowest BCUT2D eigenvalue weighted by molar-refractivity contribution is -0.145. The summed E-state index contributed by atoms with van der Waals surface area (Å²) < 4.78 is 10.3. The van der Waals surface area contributed by atoms with Crippen molar-refractivity contribution in [1.29, 1.82) is 0 Å². The minimum atomic E-state index is -0.392. The highest BCUT2D eigenvalue weighted by Gasteiger charge is 2.35. The molecular weight excluding hydrogens is 330 g/mol. The van der Waals surface area contributed by atoms with Crippen LogP contribution in [0.5, 0.6) is 5.88 Å². The molecule has 1 unspecified atom stereocenters. The van der Waals surface area contributed by atoms with E-state index in [1.54, 1.807) is 19.2 Å². The number of carbonyl (C=O) groups excluding carboxylic acids is 1. The van der Waals surface area contributed by atoms with Crippen LogP contribution in [-0.4, -0.2) is 46.1 Å². The predicted octanol–water partition coefficient (Wildman–Crippen LogP) is 3.51. The summed E-state index contributed by atoms with van der Waals surface area (Å²) in [6.07, 6.45) is 4.08. The fourth-order valence-electron chi connectivity index (χ4n) is 3.59. The molecule has 140 valence electrons. The Balaban J connectivity index is 1.86. The maximum atomic E-state index is 11.4. The molecule has 26 heavy (non-hydrogen) atoms. The number of hydrogen-bond donors (Lipinski definition) is 0. The number of hydrogen-bond acceptors (Lipinski definition) is 6. The molecule has 0 spiro atoms. The summed E-state index contributed by atoms with van der Waals surface area (Å²) in [5.41, 5.74) is 2.00. The van der Waals surface area contributed by atoms with Gasteiger partial charge in [0.15, 0.2) is 6.61 Å². The van der Waals surface area contributed by atoms with Crippen LogP contribution in [0, 0.1) is 0 Å². The van der Waals surface area contributed by atoms with E-state index in [-0.39, 0.29) is 12.1 Å². The number of esters is 1. The molecule has 2 aromatic rings. The number of pyridine rings is 2. The molecule has 1 aliphatic rings. The van der Waals surface area contributed by atoms with Gasteiger partial charge in [-0.2, -0.15) is 0 Å². The lowest BCUT2D eigenvalue weighted by atomic mass is 10.0. The molecule has 3 rings (SSSR count). The summed E-state index contributed by atoms with van der Waals surface area (Å²) in [5, 5.41) is 1.04. The van der Waals surface area contributed by atoms with Gasteiger partial charge in [0.1, 0.15) is 0 Å². The van der Waals surface area contributed by atoms with E-state index in [4.69, 9.17) is 9.47 Å². The molecular formula is C20H27N3O3. The number of fused-ring (bicyclic) bond motifs is 1. The van der Waals surface area contributed by atoms with Crippen molar-refractivity contribution >= 4 is 16.9 Å². The van der Waals surface area contributed by atoms with Crippen LogP contribution in [0.15, 0.2) is 24.4 Å². The lowest BCUT2D eigenvalue weighted by Crippen LogP contribution is -2.40. The van der Waals surface area contributed by atoms with Crippen molar-refractivity contribution in [3.05, 3.63) is 30.1 Å². The third kappa shape index (κ3) is 3.96. The molecule has 0 aromatic carbocycles. The van der Waals surface area contributed by atoms with Crippen molar-refractivity contribution in [3.63, 3.8) is 0 Å². The smallest absolute Gasteiger partial charge is 0.344 e. The lowest BCUT2D eigenvalue weighted by Gasteiger charge is -2.37. The van der Waals surface area contributed by atoms with E-state index in [9.17, 15) is 4.79 Å². The molecule has 0 bridgehead atoms. The molecule has 0 amide bonds. The van der Waals surface area contributed by atoms with Gasteiger partial charge in [0.2, 0.25) is 5.88 Å². The fraction of sp³-hybridized carbons (Fsp3) is 0.550. The van der Waals surface area contributed by atoms with Gasteiger partial charge in [0.05, 0.1) is 23.9 Å². The maximum Gasteiger partial charge on any atom is 0.344 e. The summed E-state index contributed by atoms with van der Waals surface area (Å²) in [6.45, 7) is 9.80. The first-order valence-corrected chi connectivity index (χ1v) is 9.21.